The topological polar surface area (TPSA) is 91.7 Å². The molecular weight excluding hydrogens is 422 g/mol. The van der Waals surface area contributed by atoms with Crippen molar-refractivity contribution in [1.82, 2.24) is 5.32 Å². The fourth-order valence-corrected chi connectivity index (χ4v) is 4.63. The van der Waals surface area contributed by atoms with Gasteiger partial charge in [-0.2, -0.15) is 5.26 Å². The fraction of sp³-hybridized carbons (Fsp3) is 0.625. The van der Waals surface area contributed by atoms with E-state index < -0.39 is 20.5 Å². The van der Waals surface area contributed by atoms with Gasteiger partial charge in [-0.1, -0.05) is 20.8 Å². The van der Waals surface area contributed by atoms with E-state index in [1.54, 1.807) is 19.9 Å². The van der Waals surface area contributed by atoms with Crippen LogP contribution in [0.3, 0.4) is 0 Å². The van der Waals surface area contributed by atoms with Crippen LogP contribution in [0, 0.1) is 11.3 Å². The molecule has 1 aliphatic rings. The highest BCUT2D eigenvalue weighted by molar-refractivity contribution is 6.74. The van der Waals surface area contributed by atoms with Crippen molar-refractivity contribution in [3.05, 3.63) is 28.8 Å². The fourth-order valence-electron chi connectivity index (χ4n) is 3.54. The van der Waals surface area contributed by atoms with Gasteiger partial charge in [-0.25, -0.2) is 4.79 Å². The van der Waals surface area contributed by atoms with Gasteiger partial charge in [0.1, 0.15) is 6.07 Å². The van der Waals surface area contributed by atoms with Gasteiger partial charge < -0.3 is 19.4 Å². The Labute approximate surface area is 193 Å². The maximum absolute atomic E-state index is 12.8. The third kappa shape index (κ3) is 6.11. The van der Waals surface area contributed by atoms with Crippen LogP contribution in [0.25, 0.3) is 0 Å². The summed E-state index contributed by atoms with van der Waals surface area (Å²) >= 11 is 0. The Morgan fingerprint density at radius 3 is 2.59 bits per heavy atom. The number of rotatable bonds is 9. The molecule has 1 aromatic carbocycles. The standard InChI is InChI=1S/C24H37N3O4Si/c1-8-30-23(29)26-17(2)22(28)19-14-18-10-12-27(21(18)20(15-19)16-25)11-9-13-31-32(6,7)24(3,4)5/h14-15,17H,8-13H2,1-7H3,(H,26,29). The molecule has 1 N–H and O–H groups in total. The lowest BCUT2D eigenvalue weighted by atomic mass is 9.98. The van der Waals surface area contributed by atoms with Gasteiger partial charge in [0.15, 0.2) is 14.1 Å². The summed E-state index contributed by atoms with van der Waals surface area (Å²) in [5.74, 6) is -0.237. The first-order chi connectivity index (χ1) is 14.9. The second-order valence-electron chi connectivity index (χ2n) is 9.79. The Morgan fingerprint density at radius 1 is 1.31 bits per heavy atom. The van der Waals surface area contributed by atoms with Gasteiger partial charge in [-0.3, -0.25) is 4.79 Å². The number of nitrogens with zero attached hydrogens (tertiary/aromatic N) is 2. The van der Waals surface area contributed by atoms with E-state index in [4.69, 9.17) is 9.16 Å². The number of anilines is 1. The van der Waals surface area contributed by atoms with Crippen LogP contribution in [0.2, 0.25) is 18.1 Å². The Hall–Kier alpha value is -2.37. The third-order valence-corrected chi connectivity index (χ3v) is 10.9. The van der Waals surface area contributed by atoms with Crippen molar-refractivity contribution in [2.24, 2.45) is 0 Å². The maximum Gasteiger partial charge on any atom is 0.407 e. The number of carbonyl (C=O) groups excluding carboxylic acids is 2. The predicted molar refractivity (Wildman–Crippen MR) is 129 cm³/mol. The maximum atomic E-state index is 12.8. The predicted octanol–water partition coefficient (Wildman–Crippen LogP) is 4.65. The number of Topliss-reactive ketones (excluding diaryl/α,β-unsaturated/α-hetero) is 1. The number of carbonyl (C=O) groups is 2. The lowest BCUT2D eigenvalue weighted by molar-refractivity contribution is 0.0933. The Balaban J connectivity index is 2.07. The Kier molecular flexibility index (Phi) is 8.49. The van der Waals surface area contributed by atoms with Crippen LogP contribution in [-0.2, 0) is 15.6 Å². The SMILES string of the molecule is CCOC(=O)NC(C)C(=O)c1cc(C#N)c2c(c1)CCN2CCCO[Si](C)(C)C(C)(C)C. The van der Waals surface area contributed by atoms with Crippen LogP contribution in [0.15, 0.2) is 12.1 Å². The number of fused-ring (bicyclic) bond motifs is 1. The van der Waals surface area contributed by atoms with E-state index in [-0.39, 0.29) is 17.4 Å². The largest absolute Gasteiger partial charge is 0.450 e. The first-order valence-corrected chi connectivity index (χ1v) is 14.3. The summed E-state index contributed by atoms with van der Waals surface area (Å²) in [7, 11) is -1.77. The number of hydrogen-bond acceptors (Lipinski definition) is 6. The van der Waals surface area contributed by atoms with Crippen molar-refractivity contribution in [3.63, 3.8) is 0 Å². The number of alkyl carbamates (subject to hydrolysis) is 1. The molecule has 0 fully saturated rings. The summed E-state index contributed by atoms with van der Waals surface area (Å²) in [5.41, 5.74) is 2.85. The number of benzene rings is 1. The highest BCUT2D eigenvalue weighted by atomic mass is 28.4. The molecule has 0 aliphatic carbocycles. The van der Waals surface area contributed by atoms with Crippen LogP contribution in [0.5, 0.6) is 0 Å². The second kappa shape index (κ2) is 10.5. The van der Waals surface area contributed by atoms with Gasteiger partial charge in [0.2, 0.25) is 0 Å². The van der Waals surface area contributed by atoms with Crippen LogP contribution in [-0.4, -0.2) is 52.5 Å². The molecule has 2 rings (SSSR count). The highest BCUT2D eigenvalue weighted by Gasteiger charge is 2.37. The smallest absolute Gasteiger partial charge is 0.407 e. The van der Waals surface area contributed by atoms with Crippen LogP contribution in [0.4, 0.5) is 10.5 Å². The molecule has 1 atom stereocenters. The number of amides is 1. The van der Waals surface area contributed by atoms with Crippen molar-refractivity contribution >= 4 is 25.9 Å². The minimum absolute atomic E-state index is 0.184. The molecule has 1 amide bonds. The number of hydrogen-bond donors (Lipinski definition) is 1. The molecule has 1 heterocycles. The molecule has 7 nitrogen and oxygen atoms in total. The van der Waals surface area contributed by atoms with Gasteiger partial charge in [-0.15, -0.1) is 0 Å². The molecule has 0 bridgehead atoms. The van der Waals surface area contributed by atoms with E-state index in [2.05, 4.69) is 50.2 Å². The molecule has 0 saturated carbocycles. The van der Waals surface area contributed by atoms with Crippen LogP contribution in [0.1, 0.15) is 62.5 Å². The molecule has 0 radical (unpaired) electrons. The summed E-state index contributed by atoms with van der Waals surface area (Å²) < 4.78 is 11.1. The molecule has 1 unspecified atom stereocenters. The van der Waals surface area contributed by atoms with Crippen LogP contribution < -0.4 is 10.2 Å². The van der Waals surface area contributed by atoms with E-state index >= 15 is 0 Å². The van der Waals surface area contributed by atoms with E-state index in [9.17, 15) is 14.9 Å². The molecule has 0 saturated heterocycles. The molecular formula is C24H37N3O4Si. The average molecular weight is 460 g/mol. The van der Waals surface area contributed by atoms with Gasteiger partial charge in [0.05, 0.1) is 23.9 Å². The van der Waals surface area contributed by atoms with Gasteiger partial charge in [-0.05, 0) is 62.5 Å². The van der Waals surface area contributed by atoms with E-state index in [0.717, 1.165) is 37.2 Å². The minimum atomic E-state index is -1.77. The summed E-state index contributed by atoms with van der Waals surface area (Å²) in [5, 5.41) is 12.5. The monoisotopic (exact) mass is 459 g/mol. The zero-order chi connectivity index (χ0) is 24.1. The van der Waals surface area contributed by atoms with E-state index in [1.165, 1.54) is 0 Å². The lowest BCUT2D eigenvalue weighted by Gasteiger charge is -2.36. The van der Waals surface area contributed by atoms with Crippen molar-refractivity contribution < 1.29 is 18.8 Å². The zero-order valence-corrected chi connectivity index (χ0v) is 21.5. The quantitative estimate of drug-likeness (QED) is 0.328. The highest BCUT2D eigenvalue weighted by Crippen LogP contribution is 2.37. The minimum Gasteiger partial charge on any atom is -0.450 e. The summed E-state index contributed by atoms with van der Waals surface area (Å²) in [6.45, 7) is 17.1. The molecule has 0 spiro atoms. The molecule has 176 valence electrons. The number of ketones is 1. The molecule has 0 aromatic heterocycles. The van der Waals surface area contributed by atoms with E-state index in [0.29, 0.717) is 17.7 Å². The van der Waals surface area contributed by atoms with E-state index in [1.807, 2.05) is 6.07 Å². The van der Waals surface area contributed by atoms with Gasteiger partial charge >= 0.3 is 6.09 Å². The third-order valence-electron chi connectivity index (χ3n) is 6.41. The first kappa shape index (κ1) is 25.9. The summed E-state index contributed by atoms with van der Waals surface area (Å²) in [6.07, 6.45) is 1.05. The van der Waals surface area contributed by atoms with Crippen molar-refractivity contribution in [2.75, 3.05) is 31.2 Å². The average Bonchev–Trinajstić information content (AvgIpc) is 3.12. The summed E-state index contributed by atoms with van der Waals surface area (Å²) in [6, 6.07) is 5.01. The molecule has 1 aromatic rings. The van der Waals surface area contributed by atoms with Crippen LogP contribution >= 0.6 is 0 Å². The normalized spacial score (nSPS) is 14.5. The van der Waals surface area contributed by atoms with Crippen molar-refractivity contribution in [3.8, 4) is 6.07 Å². The zero-order valence-electron chi connectivity index (χ0n) is 20.5. The number of nitrogens with one attached hydrogen (secondary N) is 1. The molecule has 32 heavy (non-hydrogen) atoms. The Morgan fingerprint density at radius 2 is 2.00 bits per heavy atom. The van der Waals surface area contributed by atoms with Gasteiger partial charge in [0, 0.05) is 25.3 Å². The summed E-state index contributed by atoms with van der Waals surface area (Å²) in [4.78, 5) is 26.7. The van der Waals surface area contributed by atoms with Gasteiger partial charge in [0.25, 0.3) is 0 Å². The molecule has 8 heteroatoms. The van der Waals surface area contributed by atoms with Crippen molar-refractivity contribution in [1.29, 1.82) is 5.26 Å². The first-order valence-electron chi connectivity index (χ1n) is 11.3. The number of ether oxygens (including phenoxy) is 1. The number of nitriles is 1. The Bertz CT molecular complexity index is 886. The second-order valence-corrected chi connectivity index (χ2v) is 14.6. The molecule has 1 aliphatic heterocycles. The van der Waals surface area contributed by atoms with Crippen molar-refractivity contribution in [2.45, 2.75) is 71.6 Å². The lowest BCUT2D eigenvalue weighted by Crippen LogP contribution is -2.41.